The molecule has 1 aromatic rings. The Morgan fingerprint density at radius 2 is 1.61 bits per heavy atom. The second kappa shape index (κ2) is 10.8. The first-order chi connectivity index (χ1) is 15.6. The SMILES string of the molecule is CC(C)(C)OC(=O)N1CCN(CCNC(=O)c2ccc(S(=O)(=O)N3CCOCC3)cc2)CC1. The number of hydrogen-bond donors (Lipinski definition) is 1. The Balaban J connectivity index is 1.42. The van der Waals surface area contributed by atoms with Gasteiger partial charge in [0.1, 0.15) is 5.60 Å². The Bertz CT molecular complexity index is 915. The van der Waals surface area contributed by atoms with Crippen molar-refractivity contribution in [2.45, 2.75) is 31.3 Å². The fraction of sp³-hybridized carbons (Fsp3) is 0.636. The van der Waals surface area contributed by atoms with Crippen LogP contribution in [0.5, 0.6) is 0 Å². The lowest BCUT2D eigenvalue weighted by Gasteiger charge is -2.35. The minimum atomic E-state index is -3.58. The van der Waals surface area contributed by atoms with E-state index < -0.39 is 15.6 Å². The van der Waals surface area contributed by atoms with Crippen molar-refractivity contribution in [2.75, 3.05) is 65.6 Å². The molecule has 0 spiro atoms. The Morgan fingerprint density at radius 1 is 1.00 bits per heavy atom. The molecule has 0 bridgehead atoms. The number of hydrogen-bond acceptors (Lipinski definition) is 7. The summed E-state index contributed by atoms with van der Waals surface area (Å²) in [5.74, 6) is -0.252. The average Bonchev–Trinajstić information content (AvgIpc) is 2.79. The Kier molecular flexibility index (Phi) is 8.33. The maximum Gasteiger partial charge on any atom is 0.410 e. The quantitative estimate of drug-likeness (QED) is 0.644. The number of sulfonamides is 1. The second-order valence-corrected chi connectivity index (χ2v) is 11.0. The molecule has 184 valence electrons. The van der Waals surface area contributed by atoms with E-state index >= 15 is 0 Å². The highest BCUT2D eigenvalue weighted by molar-refractivity contribution is 7.89. The van der Waals surface area contributed by atoms with Gasteiger partial charge in [0.25, 0.3) is 5.91 Å². The van der Waals surface area contributed by atoms with Gasteiger partial charge in [0.05, 0.1) is 18.1 Å². The van der Waals surface area contributed by atoms with Crippen LogP contribution >= 0.6 is 0 Å². The van der Waals surface area contributed by atoms with Crippen molar-refractivity contribution in [1.82, 2.24) is 19.4 Å². The zero-order chi connectivity index (χ0) is 24.1. The second-order valence-electron chi connectivity index (χ2n) is 9.11. The minimum absolute atomic E-state index is 0.170. The van der Waals surface area contributed by atoms with Gasteiger partial charge in [-0.25, -0.2) is 13.2 Å². The van der Waals surface area contributed by atoms with Crippen molar-refractivity contribution in [2.24, 2.45) is 0 Å². The standard InChI is InChI=1S/C22H34N4O6S/c1-22(2,3)32-21(28)25-12-10-24(11-13-25)9-8-23-20(27)18-4-6-19(7-5-18)33(29,30)26-14-16-31-17-15-26/h4-7H,8-17H2,1-3H3,(H,23,27). The maximum atomic E-state index is 12.7. The number of piperazine rings is 1. The molecule has 10 nitrogen and oxygen atoms in total. The molecule has 1 N–H and O–H groups in total. The van der Waals surface area contributed by atoms with Crippen molar-refractivity contribution in [1.29, 1.82) is 0 Å². The highest BCUT2D eigenvalue weighted by atomic mass is 32.2. The van der Waals surface area contributed by atoms with Crippen LogP contribution in [0.3, 0.4) is 0 Å². The lowest BCUT2D eigenvalue weighted by atomic mass is 10.2. The molecule has 33 heavy (non-hydrogen) atoms. The summed E-state index contributed by atoms with van der Waals surface area (Å²) in [4.78, 5) is 28.6. The normalized spacial score (nSPS) is 18.7. The maximum absolute atomic E-state index is 12.7. The molecular formula is C22H34N4O6S. The van der Waals surface area contributed by atoms with Crippen molar-refractivity contribution >= 4 is 22.0 Å². The molecule has 0 unspecified atom stereocenters. The van der Waals surface area contributed by atoms with Crippen molar-refractivity contribution in [3.05, 3.63) is 29.8 Å². The van der Waals surface area contributed by atoms with Gasteiger partial charge in [0.2, 0.25) is 10.0 Å². The van der Waals surface area contributed by atoms with Crippen molar-refractivity contribution < 1.29 is 27.5 Å². The first kappa shape index (κ1) is 25.4. The molecule has 0 atom stereocenters. The Labute approximate surface area is 195 Å². The summed E-state index contributed by atoms with van der Waals surface area (Å²) < 4.78 is 37.4. The molecule has 0 radical (unpaired) electrons. The number of ether oxygens (including phenoxy) is 2. The predicted molar refractivity (Wildman–Crippen MR) is 123 cm³/mol. The van der Waals surface area contributed by atoms with E-state index in [4.69, 9.17) is 9.47 Å². The molecule has 2 fully saturated rings. The van der Waals surface area contributed by atoms with Gasteiger partial charge >= 0.3 is 6.09 Å². The van der Waals surface area contributed by atoms with E-state index in [9.17, 15) is 18.0 Å². The number of nitrogens with zero attached hydrogens (tertiary/aromatic N) is 3. The molecule has 2 heterocycles. The van der Waals surface area contributed by atoms with Crippen molar-refractivity contribution in [3.63, 3.8) is 0 Å². The van der Waals surface area contributed by atoms with E-state index in [1.165, 1.54) is 28.6 Å². The third kappa shape index (κ3) is 7.13. The zero-order valence-electron chi connectivity index (χ0n) is 19.6. The van der Waals surface area contributed by atoms with Crippen LogP contribution in [0.4, 0.5) is 4.79 Å². The third-order valence-electron chi connectivity index (χ3n) is 5.46. The highest BCUT2D eigenvalue weighted by Gasteiger charge is 2.27. The summed E-state index contributed by atoms with van der Waals surface area (Å²) >= 11 is 0. The van der Waals surface area contributed by atoms with E-state index in [-0.39, 0.29) is 16.9 Å². The highest BCUT2D eigenvalue weighted by Crippen LogP contribution is 2.18. The van der Waals surface area contributed by atoms with Gasteiger partial charge in [0, 0.05) is 57.9 Å². The smallest absolute Gasteiger partial charge is 0.410 e. The van der Waals surface area contributed by atoms with Gasteiger partial charge in [0.15, 0.2) is 0 Å². The monoisotopic (exact) mass is 482 g/mol. The van der Waals surface area contributed by atoms with Gasteiger partial charge in [-0.1, -0.05) is 0 Å². The fourth-order valence-electron chi connectivity index (χ4n) is 3.62. The topological polar surface area (TPSA) is 108 Å². The summed E-state index contributed by atoms with van der Waals surface area (Å²) in [6.45, 7) is 10.7. The van der Waals surface area contributed by atoms with E-state index in [0.29, 0.717) is 71.1 Å². The first-order valence-electron chi connectivity index (χ1n) is 11.2. The molecule has 2 aliphatic heterocycles. The van der Waals surface area contributed by atoms with Gasteiger partial charge in [-0.2, -0.15) is 4.31 Å². The fourth-order valence-corrected chi connectivity index (χ4v) is 5.03. The van der Waals surface area contributed by atoms with E-state index in [1.807, 2.05) is 20.8 Å². The van der Waals surface area contributed by atoms with E-state index in [1.54, 1.807) is 4.90 Å². The number of morpholine rings is 1. The van der Waals surface area contributed by atoms with Crippen LogP contribution in [0.15, 0.2) is 29.2 Å². The van der Waals surface area contributed by atoms with Crippen LogP contribution < -0.4 is 5.32 Å². The van der Waals surface area contributed by atoms with Crippen LogP contribution in [0.25, 0.3) is 0 Å². The summed E-state index contributed by atoms with van der Waals surface area (Å²) in [6.07, 6.45) is -0.297. The van der Waals surface area contributed by atoms with E-state index in [2.05, 4.69) is 10.2 Å². The number of benzene rings is 1. The molecule has 2 aliphatic rings. The molecule has 11 heteroatoms. The lowest BCUT2D eigenvalue weighted by molar-refractivity contribution is 0.0147. The van der Waals surface area contributed by atoms with Crippen LogP contribution in [0, 0.1) is 0 Å². The Hall–Kier alpha value is -2.21. The average molecular weight is 483 g/mol. The lowest BCUT2D eigenvalue weighted by Crippen LogP contribution is -2.51. The zero-order valence-corrected chi connectivity index (χ0v) is 20.4. The number of carbonyl (C=O) groups is 2. The summed E-state index contributed by atoms with van der Waals surface area (Å²) in [5, 5.41) is 2.87. The molecular weight excluding hydrogens is 448 g/mol. The predicted octanol–water partition coefficient (Wildman–Crippen LogP) is 0.990. The molecule has 0 saturated carbocycles. The summed E-state index contributed by atoms with van der Waals surface area (Å²) in [6, 6.07) is 6.00. The largest absolute Gasteiger partial charge is 0.444 e. The van der Waals surface area contributed by atoms with Gasteiger partial charge in [-0.3, -0.25) is 9.69 Å². The molecule has 0 aliphatic carbocycles. The van der Waals surface area contributed by atoms with Crippen LogP contribution in [-0.4, -0.2) is 106 Å². The number of carbonyl (C=O) groups excluding carboxylic acids is 2. The molecule has 2 amide bonds. The first-order valence-corrected chi connectivity index (χ1v) is 12.7. The number of nitrogens with one attached hydrogen (secondary N) is 1. The van der Waals surface area contributed by atoms with Gasteiger partial charge in [-0.05, 0) is 45.0 Å². The Morgan fingerprint density at radius 3 is 2.18 bits per heavy atom. The van der Waals surface area contributed by atoms with Crippen molar-refractivity contribution in [3.8, 4) is 0 Å². The minimum Gasteiger partial charge on any atom is -0.444 e. The van der Waals surface area contributed by atoms with Crippen LogP contribution in [0.1, 0.15) is 31.1 Å². The van der Waals surface area contributed by atoms with Crippen LogP contribution in [-0.2, 0) is 19.5 Å². The molecule has 2 saturated heterocycles. The van der Waals surface area contributed by atoms with Crippen LogP contribution in [0.2, 0.25) is 0 Å². The summed E-state index contributed by atoms with van der Waals surface area (Å²) in [7, 11) is -3.58. The molecule has 0 aromatic heterocycles. The molecule has 1 aromatic carbocycles. The van der Waals surface area contributed by atoms with Gasteiger partial charge in [-0.15, -0.1) is 0 Å². The summed E-state index contributed by atoms with van der Waals surface area (Å²) in [5.41, 5.74) is -0.102. The third-order valence-corrected chi connectivity index (χ3v) is 7.37. The molecule has 3 rings (SSSR count). The van der Waals surface area contributed by atoms with E-state index in [0.717, 1.165) is 0 Å². The number of amides is 2. The number of rotatable bonds is 6. The van der Waals surface area contributed by atoms with Gasteiger partial charge < -0.3 is 19.7 Å².